The van der Waals surface area contributed by atoms with Gasteiger partial charge in [-0.1, -0.05) is 48.5 Å². The molecule has 0 aliphatic heterocycles. The number of methoxy groups -OCH3 is 1. The molecule has 2 aromatic heterocycles. The molecule has 144 valence electrons. The third-order valence-electron chi connectivity index (χ3n) is 5.68. The van der Waals surface area contributed by atoms with E-state index in [2.05, 4.69) is 17.2 Å². The molecule has 4 aromatic rings. The largest absolute Gasteiger partial charge is 0.496 e. The van der Waals surface area contributed by atoms with Crippen LogP contribution < -0.4 is 4.74 Å². The van der Waals surface area contributed by atoms with Crippen molar-refractivity contribution in [2.75, 3.05) is 7.11 Å². The summed E-state index contributed by atoms with van der Waals surface area (Å²) in [6.45, 7) is 1.98. The average molecular weight is 383 g/mol. The van der Waals surface area contributed by atoms with Crippen molar-refractivity contribution in [1.82, 2.24) is 14.6 Å². The number of carbonyl (C=O) groups excluding carboxylic acids is 1. The number of nitrogens with zero attached hydrogens (tertiary/aromatic N) is 3. The summed E-state index contributed by atoms with van der Waals surface area (Å²) in [6, 6.07) is 18.1. The number of benzene rings is 2. The van der Waals surface area contributed by atoms with Gasteiger partial charge in [0.05, 0.1) is 24.1 Å². The van der Waals surface area contributed by atoms with Crippen LogP contribution in [0.2, 0.25) is 0 Å². The topological polar surface area (TPSA) is 56.5 Å². The Morgan fingerprint density at radius 2 is 1.79 bits per heavy atom. The van der Waals surface area contributed by atoms with Crippen LogP contribution >= 0.6 is 0 Å². The predicted molar refractivity (Wildman–Crippen MR) is 112 cm³/mol. The van der Waals surface area contributed by atoms with E-state index in [0.717, 1.165) is 39.5 Å². The van der Waals surface area contributed by atoms with Crippen LogP contribution in [0.15, 0.2) is 60.8 Å². The Balaban J connectivity index is 1.64. The van der Waals surface area contributed by atoms with Crippen LogP contribution in [0.25, 0.3) is 16.8 Å². The molecule has 0 amide bonds. The Kier molecular flexibility index (Phi) is 4.16. The molecule has 0 radical (unpaired) electrons. The number of aryl methyl sites for hydroxylation is 1. The van der Waals surface area contributed by atoms with Crippen LogP contribution in [0.5, 0.6) is 5.75 Å². The van der Waals surface area contributed by atoms with E-state index in [1.165, 1.54) is 0 Å². The summed E-state index contributed by atoms with van der Waals surface area (Å²) < 4.78 is 7.27. The third kappa shape index (κ3) is 2.90. The van der Waals surface area contributed by atoms with Gasteiger partial charge in [0.2, 0.25) is 0 Å². The summed E-state index contributed by atoms with van der Waals surface area (Å²) in [5.41, 5.74) is 6.35. The minimum atomic E-state index is 0.0605. The molecule has 1 aliphatic rings. The summed E-state index contributed by atoms with van der Waals surface area (Å²) in [5.74, 6) is 0.983. The number of carbonyl (C=O) groups is 1. The maximum atomic E-state index is 13.0. The number of para-hydroxylation sites is 1. The van der Waals surface area contributed by atoms with Gasteiger partial charge in [-0.3, -0.25) is 4.79 Å². The number of aromatic nitrogens is 3. The highest BCUT2D eigenvalue weighted by atomic mass is 16.5. The van der Waals surface area contributed by atoms with Gasteiger partial charge in [-0.25, -0.2) is 9.50 Å². The first kappa shape index (κ1) is 17.6. The van der Waals surface area contributed by atoms with Gasteiger partial charge in [0.1, 0.15) is 5.75 Å². The molecule has 0 saturated heterocycles. The monoisotopic (exact) mass is 383 g/mol. The van der Waals surface area contributed by atoms with Crippen molar-refractivity contribution in [3.8, 4) is 16.9 Å². The highest BCUT2D eigenvalue weighted by Gasteiger charge is 2.30. The Bertz CT molecular complexity index is 1230. The van der Waals surface area contributed by atoms with E-state index >= 15 is 0 Å². The Morgan fingerprint density at radius 3 is 2.59 bits per heavy atom. The van der Waals surface area contributed by atoms with Crippen molar-refractivity contribution in [2.45, 2.75) is 25.7 Å². The molecule has 5 rings (SSSR count). The summed E-state index contributed by atoms with van der Waals surface area (Å²) >= 11 is 0. The second-order valence-electron chi connectivity index (χ2n) is 7.47. The van der Waals surface area contributed by atoms with Gasteiger partial charge >= 0.3 is 0 Å². The van der Waals surface area contributed by atoms with Crippen LogP contribution in [0.1, 0.15) is 39.6 Å². The first-order valence-electron chi connectivity index (χ1n) is 9.76. The summed E-state index contributed by atoms with van der Waals surface area (Å²) in [7, 11) is 1.67. The average Bonchev–Trinajstić information content (AvgIpc) is 3.07. The van der Waals surface area contributed by atoms with E-state index < -0.39 is 0 Å². The van der Waals surface area contributed by atoms with Crippen molar-refractivity contribution < 1.29 is 9.53 Å². The van der Waals surface area contributed by atoms with Gasteiger partial charge in [-0.05, 0) is 30.5 Å². The number of ether oxygens (including phenoxy) is 1. The Morgan fingerprint density at radius 1 is 1.03 bits per heavy atom. The maximum absolute atomic E-state index is 13.0. The summed E-state index contributed by atoms with van der Waals surface area (Å²) in [6.07, 6.45) is 3.00. The van der Waals surface area contributed by atoms with Crippen LogP contribution in [0.4, 0.5) is 0 Å². The van der Waals surface area contributed by atoms with Crippen LogP contribution in [-0.2, 0) is 6.42 Å². The van der Waals surface area contributed by atoms with Crippen molar-refractivity contribution >= 4 is 11.4 Å². The van der Waals surface area contributed by atoms with Gasteiger partial charge < -0.3 is 4.74 Å². The van der Waals surface area contributed by atoms with Crippen LogP contribution in [-0.4, -0.2) is 27.5 Å². The van der Waals surface area contributed by atoms with Crippen molar-refractivity contribution in [2.24, 2.45) is 0 Å². The molecule has 0 saturated carbocycles. The molecule has 1 unspecified atom stereocenters. The molecular formula is C24H21N3O2. The standard InChI is InChI=1S/C24H21N3O2/c1-15-23(16-8-4-3-5-9-16)24-25-20-12-17(18-10-6-7-11-22(18)29-2)13-21(28)19(20)14-27(24)26-15/h3-11,14,17H,12-13H2,1-2H3. The van der Waals surface area contributed by atoms with Crippen LogP contribution in [0, 0.1) is 6.92 Å². The highest BCUT2D eigenvalue weighted by Crippen LogP contribution is 2.37. The lowest BCUT2D eigenvalue weighted by molar-refractivity contribution is 0.0962. The number of hydrogen-bond acceptors (Lipinski definition) is 4. The quantitative estimate of drug-likeness (QED) is 0.518. The minimum absolute atomic E-state index is 0.0605. The smallest absolute Gasteiger partial charge is 0.166 e. The minimum Gasteiger partial charge on any atom is -0.496 e. The van der Waals surface area contributed by atoms with Gasteiger partial charge in [0, 0.05) is 24.1 Å². The number of Topliss-reactive ketones (excluding diaryl/α,β-unsaturated/α-hetero) is 1. The lowest BCUT2D eigenvalue weighted by Crippen LogP contribution is -2.21. The zero-order valence-corrected chi connectivity index (χ0v) is 16.4. The molecule has 0 fully saturated rings. The Hall–Kier alpha value is -3.47. The van der Waals surface area contributed by atoms with E-state index in [1.54, 1.807) is 11.6 Å². The predicted octanol–water partition coefficient (Wildman–Crippen LogP) is 4.63. The zero-order valence-electron chi connectivity index (χ0n) is 16.4. The van der Waals surface area contributed by atoms with E-state index in [0.29, 0.717) is 18.4 Å². The molecule has 29 heavy (non-hydrogen) atoms. The second-order valence-corrected chi connectivity index (χ2v) is 7.47. The molecule has 0 bridgehead atoms. The molecule has 5 nitrogen and oxygen atoms in total. The molecule has 2 aromatic carbocycles. The van der Waals surface area contributed by atoms with Gasteiger partial charge in [-0.2, -0.15) is 5.10 Å². The fraction of sp³-hybridized carbons (Fsp3) is 0.208. The van der Waals surface area contributed by atoms with E-state index in [-0.39, 0.29) is 11.7 Å². The third-order valence-corrected chi connectivity index (χ3v) is 5.68. The Labute approximate surface area is 169 Å². The van der Waals surface area contributed by atoms with Crippen molar-refractivity contribution in [3.63, 3.8) is 0 Å². The molecule has 1 atom stereocenters. The number of ketones is 1. The molecule has 5 heteroatoms. The maximum Gasteiger partial charge on any atom is 0.166 e. The molecular weight excluding hydrogens is 362 g/mol. The SMILES string of the molecule is COc1ccccc1C1CC(=O)c2cn3nc(C)c(-c4ccccc4)c3nc2C1. The summed E-state index contributed by atoms with van der Waals surface area (Å²) in [5, 5.41) is 4.62. The lowest BCUT2D eigenvalue weighted by Gasteiger charge is -2.24. The highest BCUT2D eigenvalue weighted by molar-refractivity contribution is 5.99. The normalized spacial score (nSPS) is 16.1. The zero-order chi connectivity index (χ0) is 20.0. The van der Waals surface area contributed by atoms with E-state index in [1.807, 2.05) is 55.6 Å². The first-order valence-corrected chi connectivity index (χ1v) is 9.76. The second kappa shape index (κ2) is 6.85. The number of fused-ring (bicyclic) bond motifs is 2. The fourth-order valence-corrected chi connectivity index (χ4v) is 4.31. The number of rotatable bonds is 3. The fourth-order valence-electron chi connectivity index (χ4n) is 4.31. The molecule has 0 N–H and O–H groups in total. The summed E-state index contributed by atoms with van der Waals surface area (Å²) in [4.78, 5) is 17.9. The van der Waals surface area contributed by atoms with Gasteiger partial charge in [0.25, 0.3) is 0 Å². The van der Waals surface area contributed by atoms with E-state index in [9.17, 15) is 4.79 Å². The first-order chi connectivity index (χ1) is 14.2. The number of hydrogen-bond donors (Lipinski definition) is 0. The molecule has 2 heterocycles. The van der Waals surface area contributed by atoms with Gasteiger partial charge in [0.15, 0.2) is 11.4 Å². The van der Waals surface area contributed by atoms with E-state index in [4.69, 9.17) is 9.72 Å². The van der Waals surface area contributed by atoms with Crippen LogP contribution in [0.3, 0.4) is 0 Å². The van der Waals surface area contributed by atoms with Crippen molar-refractivity contribution in [1.29, 1.82) is 0 Å². The lowest BCUT2D eigenvalue weighted by atomic mass is 9.82. The molecule has 1 aliphatic carbocycles. The molecule has 0 spiro atoms. The van der Waals surface area contributed by atoms with Crippen molar-refractivity contribution in [3.05, 3.63) is 83.3 Å². The van der Waals surface area contributed by atoms with Gasteiger partial charge in [-0.15, -0.1) is 0 Å².